The largest absolute Gasteiger partial charge is 0.484 e. The monoisotopic (exact) mass is 299 g/mol. The van der Waals surface area contributed by atoms with Crippen LogP contribution in [-0.4, -0.2) is 48.0 Å². The van der Waals surface area contributed by atoms with Gasteiger partial charge < -0.3 is 19.8 Å². The highest BCUT2D eigenvalue weighted by Crippen LogP contribution is 2.53. The fourth-order valence-electron chi connectivity index (χ4n) is 4.12. The standard InChI is InChI=1S/C18H21NO3/c1-19(2)14-7-10-3-4-11(8-20)17-15(10)16-13(14)6-5-12(9-21)18(16)22-17/h3-6,14,16,18,20-21H,7-9H2,1-2H3/t14-,16?,18+/m1/s1. The van der Waals surface area contributed by atoms with Gasteiger partial charge in [0.05, 0.1) is 19.1 Å². The van der Waals surface area contributed by atoms with Crippen molar-refractivity contribution in [3.05, 3.63) is 52.1 Å². The van der Waals surface area contributed by atoms with Gasteiger partial charge in [-0.2, -0.15) is 0 Å². The Kier molecular flexibility index (Phi) is 3.15. The molecule has 0 fully saturated rings. The normalized spacial score (nSPS) is 28.1. The van der Waals surface area contributed by atoms with E-state index < -0.39 is 0 Å². The van der Waals surface area contributed by atoms with Crippen molar-refractivity contribution < 1.29 is 14.9 Å². The molecule has 22 heavy (non-hydrogen) atoms. The lowest BCUT2D eigenvalue weighted by Gasteiger charge is -2.39. The zero-order chi connectivity index (χ0) is 15.4. The number of hydrogen-bond acceptors (Lipinski definition) is 4. The summed E-state index contributed by atoms with van der Waals surface area (Å²) >= 11 is 0. The Bertz CT molecular complexity index is 690. The number of likely N-dealkylation sites (N-methyl/N-ethyl adjacent to an activating group) is 1. The summed E-state index contributed by atoms with van der Waals surface area (Å²) in [5.41, 5.74) is 5.63. The van der Waals surface area contributed by atoms with Crippen LogP contribution in [0.3, 0.4) is 0 Å². The minimum absolute atomic E-state index is 0.00928. The van der Waals surface area contributed by atoms with Crippen molar-refractivity contribution in [1.29, 1.82) is 0 Å². The summed E-state index contributed by atoms with van der Waals surface area (Å²) in [5, 5.41) is 19.3. The van der Waals surface area contributed by atoms with Crippen LogP contribution in [0.2, 0.25) is 0 Å². The molecule has 2 N–H and O–H groups in total. The van der Waals surface area contributed by atoms with Gasteiger partial charge in [-0.25, -0.2) is 0 Å². The van der Waals surface area contributed by atoms with Crippen molar-refractivity contribution in [2.24, 2.45) is 0 Å². The van der Waals surface area contributed by atoms with Gasteiger partial charge in [0.1, 0.15) is 11.9 Å². The molecule has 0 radical (unpaired) electrons. The molecule has 0 aromatic heterocycles. The molecule has 0 amide bonds. The van der Waals surface area contributed by atoms with Crippen LogP contribution in [0.15, 0.2) is 35.4 Å². The zero-order valence-electron chi connectivity index (χ0n) is 12.9. The third-order valence-corrected chi connectivity index (χ3v) is 5.22. The minimum atomic E-state index is -0.130. The highest BCUT2D eigenvalue weighted by Gasteiger charge is 2.47. The van der Waals surface area contributed by atoms with Gasteiger partial charge in [0.15, 0.2) is 0 Å². The number of benzene rings is 1. The van der Waals surface area contributed by atoms with Crippen LogP contribution in [0.5, 0.6) is 5.75 Å². The maximum Gasteiger partial charge on any atom is 0.133 e. The average molecular weight is 299 g/mol. The van der Waals surface area contributed by atoms with Crippen LogP contribution in [-0.2, 0) is 13.0 Å². The quantitative estimate of drug-likeness (QED) is 0.885. The highest BCUT2D eigenvalue weighted by atomic mass is 16.5. The number of hydrogen-bond donors (Lipinski definition) is 2. The average Bonchev–Trinajstić information content (AvgIpc) is 2.93. The molecule has 116 valence electrons. The number of ether oxygens (including phenoxy) is 1. The Hall–Kier alpha value is -1.62. The number of allylic oxidation sites excluding steroid dienone is 2. The Morgan fingerprint density at radius 2 is 2.00 bits per heavy atom. The first-order chi connectivity index (χ1) is 10.7. The smallest absolute Gasteiger partial charge is 0.133 e. The predicted molar refractivity (Wildman–Crippen MR) is 84.0 cm³/mol. The van der Waals surface area contributed by atoms with Crippen LogP contribution in [0.4, 0.5) is 0 Å². The van der Waals surface area contributed by atoms with E-state index >= 15 is 0 Å². The Morgan fingerprint density at radius 1 is 1.18 bits per heavy atom. The fourth-order valence-corrected chi connectivity index (χ4v) is 4.12. The van der Waals surface area contributed by atoms with Crippen LogP contribution in [0.1, 0.15) is 22.6 Å². The molecule has 0 spiro atoms. The molecule has 4 rings (SSSR count). The van der Waals surface area contributed by atoms with Gasteiger partial charge in [-0.15, -0.1) is 0 Å². The summed E-state index contributed by atoms with van der Waals surface area (Å²) in [6, 6.07) is 4.45. The van der Waals surface area contributed by atoms with E-state index in [0.717, 1.165) is 23.3 Å². The molecule has 3 atom stereocenters. The molecular weight excluding hydrogens is 278 g/mol. The zero-order valence-corrected chi connectivity index (χ0v) is 12.9. The van der Waals surface area contributed by atoms with Crippen LogP contribution in [0.25, 0.3) is 0 Å². The molecule has 2 aliphatic carbocycles. The van der Waals surface area contributed by atoms with E-state index in [-0.39, 0.29) is 25.2 Å². The Labute approximate surface area is 130 Å². The summed E-state index contributed by atoms with van der Waals surface area (Å²) in [5.74, 6) is 1.00. The van der Waals surface area contributed by atoms with E-state index in [1.807, 2.05) is 12.1 Å². The second-order valence-corrected chi connectivity index (χ2v) is 6.55. The maximum absolute atomic E-state index is 9.65. The van der Waals surface area contributed by atoms with E-state index in [2.05, 4.69) is 31.1 Å². The summed E-state index contributed by atoms with van der Waals surface area (Å²) in [4.78, 5) is 2.25. The molecule has 1 aliphatic heterocycles. The fraction of sp³-hybridized carbons (Fsp3) is 0.444. The van der Waals surface area contributed by atoms with Crippen molar-refractivity contribution >= 4 is 0 Å². The summed E-state index contributed by atoms with van der Waals surface area (Å²) in [6.07, 6.45) is 4.99. The molecule has 1 aromatic rings. The molecule has 0 saturated carbocycles. The van der Waals surface area contributed by atoms with Crippen molar-refractivity contribution in [2.75, 3.05) is 20.7 Å². The van der Waals surface area contributed by atoms with Crippen LogP contribution >= 0.6 is 0 Å². The second kappa shape index (κ2) is 4.95. The first-order valence-electron chi connectivity index (χ1n) is 7.75. The first-order valence-corrected chi connectivity index (χ1v) is 7.75. The summed E-state index contributed by atoms with van der Waals surface area (Å²) < 4.78 is 6.21. The number of rotatable bonds is 3. The summed E-state index contributed by atoms with van der Waals surface area (Å²) in [7, 11) is 4.21. The SMILES string of the molecule is CN(C)[C@@H]1Cc2ccc(CO)c3c2C2C1=CC=C(CO)[C@@H]2O3. The Morgan fingerprint density at radius 3 is 2.68 bits per heavy atom. The van der Waals surface area contributed by atoms with E-state index in [1.165, 1.54) is 16.7 Å². The van der Waals surface area contributed by atoms with Gasteiger partial charge in [0.2, 0.25) is 0 Å². The van der Waals surface area contributed by atoms with Gasteiger partial charge in [-0.05, 0) is 37.2 Å². The third-order valence-electron chi connectivity index (χ3n) is 5.22. The molecule has 1 heterocycles. The lowest BCUT2D eigenvalue weighted by molar-refractivity contribution is 0.202. The van der Waals surface area contributed by atoms with Gasteiger partial charge in [0, 0.05) is 17.2 Å². The lowest BCUT2D eigenvalue weighted by atomic mass is 9.70. The molecule has 0 saturated heterocycles. The molecule has 1 aromatic carbocycles. The third kappa shape index (κ3) is 1.75. The Balaban J connectivity index is 1.93. The summed E-state index contributed by atoms with van der Waals surface area (Å²) in [6.45, 7) is -0.00819. The maximum atomic E-state index is 9.65. The van der Waals surface area contributed by atoms with Crippen LogP contribution in [0, 0.1) is 0 Å². The van der Waals surface area contributed by atoms with Crippen molar-refractivity contribution in [2.45, 2.75) is 31.1 Å². The van der Waals surface area contributed by atoms with Crippen molar-refractivity contribution in [3.63, 3.8) is 0 Å². The molecular formula is C18H21NO3. The van der Waals surface area contributed by atoms with E-state index in [1.54, 1.807) is 0 Å². The lowest BCUT2D eigenvalue weighted by Crippen LogP contribution is -2.41. The molecule has 0 bridgehead atoms. The topological polar surface area (TPSA) is 52.9 Å². The van der Waals surface area contributed by atoms with Crippen LogP contribution < -0.4 is 4.74 Å². The molecule has 4 nitrogen and oxygen atoms in total. The van der Waals surface area contributed by atoms with Gasteiger partial charge in [-0.1, -0.05) is 24.3 Å². The van der Waals surface area contributed by atoms with Crippen molar-refractivity contribution in [3.8, 4) is 5.75 Å². The minimum Gasteiger partial charge on any atom is -0.484 e. The predicted octanol–water partition coefficient (Wildman–Crippen LogP) is 1.37. The van der Waals surface area contributed by atoms with E-state index in [0.29, 0.717) is 6.04 Å². The first kappa shape index (κ1) is 14.0. The van der Waals surface area contributed by atoms with E-state index in [4.69, 9.17) is 4.74 Å². The molecule has 1 unspecified atom stereocenters. The van der Waals surface area contributed by atoms with E-state index in [9.17, 15) is 10.2 Å². The number of nitrogens with zero attached hydrogens (tertiary/aromatic N) is 1. The number of aliphatic hydroxyl groups is 2. The van der Waals surface area contributed by atoms with Crippen molar-refractivity contribution in [1.82, 2.24) is 4.90 Å². The second-order valence-electron chi connectivity index (χ2n) is 6.55. The van der Waals surface area contributed by atoms with Gasteiger partial charge in [0.25, 0.3) is 0 Å². The number of aliphatic hydroxyl groups excluding tert-OH is 2. The molecule has 4 heteroatoms. The van der Waals surface area contributed by atoms with Gasteiger partial charge in [-0.3, -0.25) is 0 Å². The van der Waals surface area contributed by atoms with Gasteiger partial charge >= 0.3 is 0 Å². The highest BCUT2D eigenvalue weighted by molar-refractivity contribution is 5.61. The molecule has 3 aliphatic rings.